The minimum Gasteiger partial charge on any atom is -0.362 e. The van der Waals surface area contributed by atoms with Gasteiger partial charge in [0.15, 0.2) is 0 Å². The second kappa shape index (κ2) is 4.66. The smallest absolute Gasteiger partial charge is 0.133 e. The number of aromatic nitrogens is 1. The van der Waals surface area contributed by atoms with Gasteiger partial charge < -0.3 is 4.90 Å². The number of rotatable bonds is 2. The van der Waals surface area contributed by atoms with Crippen LogP contribution in [-0.4, -0.2) is 19.1 Å². The van der Waals surface area contributed by atoms with Crippen molar-refractivity contribution in [2.45, 2.75) is 20.3 Å². The van der Waals surface area contributed by atoms with Gasteiger partial charge in [0.1, 0.15) is 5.82 Å². The largest absolute Gasteiger partial charge is 0.362 e. The third-order valence-corrected chi connectivity index (χ3v) is 3.00. The molecule has 1 heterocycles. The van der Waals surface area contributed by atoms with E-state index in [-0.39, 0.29) is 0 Å². The number of aryl methyl sites for hydroxylation is 2. The van der Waals surface area contributed by atoms with Crippen molar-refractivity contribution in [1.29, 1.82) is 5.26 Å². The molecule has 0 atom stereocenters. The maximum atomic E-state index is 8.91. The summed E-state index contributed by atoms with van der Waals surface area (Å²) in [6.07, 6.45) is 0.392. The lowest BCUT2D eigenvalue weighted by Crippen LogP contribution is -2.13. The Morgan fingerprint density at radius 1 is 1.22 bits per heavy atom. The number of pyridine rings is 1. The highest BCUT2D eigenvalue weighted by atomic mass is 15.1. The number of nitriles is 1. The molecule has 0 spiro atoms. The zero-order chi connectivity index (χ0) is 13.3. The second-order valence-corrected chi connectivity index (χ2v) is 4.85. The molecule has 0 saturated heterocycles. The SMILES string of the molecule is Cc1cc(C)c2nc(N(C)C)c(CC#N)cc2c1. The van der Waals surface area contributed by atoms with E-state index >= 15 is 0 Å². The lowest BCUT2D eigenvalue weighted by molar-refractivity contribution is 1.05. The maximum Gasteiger partial charge on any atom is 0.133 e. The van der Waals surface area contributed by atoms with Crippen LogP contribution >= 0.6 is 0 Å². The summed E-state index contributed by atoms with van der Waals surface area (Å²) in [6, 6.07) is 8.55. The van der Waals surface area contributed by atoms with Crippen molar-refractivity contribution >= 4 is 16.7 Å². The quantitative estimate of drug-likeness (QED) is 0.808. The molecule has 2 rings (SSSR count). The van der Waals surface area contributed by atoms with Crippen molar-refractivity contribution in [2.75, 3.05) is 19.0 Å². The molecule has 0 bridgehead atoms. The van der Waals surface area contributed by atoms with Gasteiger partial charge in [-0.05, 0) is 31.5 Å². The summed E-state index contributed by atoms with van der Waals surface area (Å²) in [7, 11) is 3.91. The molecule has 0 N–H and O–H groups in total. The first-order valence-corrected chi connectivity index (χ1v) is 5.98. The van der Waals surface area contributed by atoms with Crippen LogP contribution in [-0.2, 0) is 6.42 Å². The zero-order valence-corrected chi connectivity index (χ0v) is 11.3. The predicted molar refractivity (Wildman–Crippen MR) is 74.9 cm³/mol. The van der Waals surface area contributed by atoms with E-state index in [9.17, 15) is 0 Å². The van der Waals surface area contributed by atoms with Gasteiger partial charge in [-0.3, -0.25) is 0 Å². The predicted octanol–water partition coefficient (Wildman–Crippen LogP) is 2.98. The van der Waals surface area contributed by atoms with E-state index in [1.54, 1.807) is 0 Å². The van der Waals surface area contributed by atoms with Gasteiger partial charge in [-0.15, -0.1) is 0 Å². The molecule has 0 unspecified atom stereocenters. The van der Waals surface area contributed by atoms with E-state index in [1.807, 2.05) is 19.0 Å². The molecular formula is C15H17N3. The van der Waals surface area contributed by atoms with Crippen LogP contribution in [0.2, 0.25) is 0 Å². The summed E-state index contributed by atoms with van der Waals surface area (Å²) in [5.41, 5.74) is 4.41. The van der Waals surface area contributed by atoms with Gasteiger partial charge in [-0.1, -0.05) is 11.6 Å². The van der Waals surface area contributed by atoms with Gasteiger partial charge in [0.2, 0.25) is 0 Å². The molecule has 0 radical (unpaired) electrons. The van der Waals surface area contributed by atoms with Crippen molar-refractivity contribution < 1.29 is 0 Å². The summed E-state index contributed by atoms with van der Waals surface area (Å²) in [4.78, 5) is 6.67. The van der Waals surface area contributed by atoms with Crippen molar-refractivity contribution in [2.24, 2.45) is 0 Å². The van der Waals surface area contributed by atoms with Crippen LogP contribution in [0.3, 0.4) is 0 Å². The summed E-state index contributed by atoms with van der Waals surface area (Å²) in [5.74, 6) is 0.885. The van der Waals surface area contributed by atoms with Crippen LogP contribution in [0.25, 0.3) is 10.9 Å². The van der Waals surface area contributed by atoms with Crippen molar-refractivity contribution in [3.63, 3.8) is 0 Å². The normalized spacial score (nSPS) is 10.4. The van der Waals surface area contributed by atoms with Crippen LogP contribution in [0.1, 0.15) is 16.7 Å². The van der Waals surface area contributed by atoms with Gasteiger partial charge in [-0.25, -0.2) is 4.98 Å². The standard InChI is InChI=1S/C15H17N3/c1-10-7-11(2)14-13(8-10)9-12(5-6-16)15(17-14)18(3)4/h7-9H,5H2,1-4H3. The molecule has 0 fully saturated rings. The third-order valence-electron chi connectivity index (χ3n) is 3.00. The fourth-order valence-electron chi connectivity index (χ4n) is 2.29. The van der Waals surface area contributed by atoms with Crippen LogP contribution in [0, 0.1) is 25.2 Å². The Morgan fingerprint density at radius 3 is 2.56 bits per heavy atom. The van der Waals surface area contributed by atoms with E-state index < -0.39 is 0 Å². The molecule has 0 aliphatic carbocycles. The van der Waals surface area contributed by atoms with E-state index in [0.717, 1.165) is 22.3 Å². The highest BCUT2D eigenvalue weighted by molar-refractivity contribution is 5.85. The van der Waals surface area contributed by atoms with Crippen molar-refractivity contribution in [3.05, 3.63) is 34.9 Å². The molecule has 0 saturated carbocycles. The summed E-state index contributed by atoms with van der Waals surface area (Å²) in [5, 5.41) is 10.0. The summed E-state index contributed by atoms with van der Waals surface area (Å²) in [6.45, 7) is 4.15. The number of fused-ring (bicyclic) bond motifs is 1. The van der Waals surface area contributed by atoms with Crippen molar-refractivity contribution in [1.82, 2.24) is 4.98 Å². The third kappa shape index (κ3) is 2.14. The Hall–Kier alpha value is -2.08. The Bertz CT molecular complexity index is 636. The van der Waals surface area contributed by atoms with Gasteiger partial charge in [0.05, 0.1) is 18.0 Å². The molecule has 0 aliphatic rings. The lowest BCUT2D eigenvalue weighted by Gasteiger charge is -2.17. The molecule has 0 aliphatic heterocycles. The monoisotopic (exact) mass is 239 g/mol. The number of anilines is 1. The van der Waals surface area contributed by atoms with E-state index in [1.165, 1.54) is 11.1 Å². The van der Waals surface area contributed by atoms with Crippen molar-refractivity contribution in [3.8, 4) is 6.07 Å². The minimum atomic E-state index is 0.392. The average Bonchev–Trinajstić information content (AvgIpc) is 2.27. The fraction of sp³-hybridized carbons (Fsp3) is 0.333. The summed E-state index contributed by atoms with van der Waals surface area (Å²) < 4.78 is 0. The Kier molecular flexibility index (Phi) is 3.20. The summed E-state index contributed by atoms with van der Waals surface area (Å²) >= 11 is 0. The molecular weight excluding hydrogens is 222 g/mol. The van der Waals surface area contributed by atoms with Crippen LogP contribution in [0.4, 0.5) is 5.82 Å². The Labute approximate surface area is 108 Å². The first-order chi connectivity index (χ1) is 8.52. The average molecular weight is 239 g/mol. The number of benzene rings is 1. The zero-order valence-electron chi connectivity index (χ0n) is 11.3. The van der Waals surface area contributed by atoms with E-state index in [0.29, 0.717) is 6.42 Å². The van der Waals surface area contributed by atoms with Crippen LogP contribution in [0.5, 0.6) is 0 Å². The lowest BCUT2D eigenvalue weighted by atomic mass is 10.0. The maximum absolute atomic E-state index is 8.91. The number of nitrogens with zero attached hydrogens (tertiary/aromatic N) is 3. The van der Waals surface area contributed by atoms with Gasteiger partial charge in [0.25, 0.3) is 0 Å². The molecule has 3 nitrogen and oxygen atoms in total. The molecule has 2 aromatic rings. The van der Waals surface area contributed by atoms with Gasteiger partial charge in [-0.2, -0.15) is 5.26 Å². The highest BCUT2D eigenvalue weighted by Gasteiger charge is 2.10. The molecule has 1 aromatic carbocycles. The Morgan fingerprint density at radius 2 is 1.94 bits per heavy atom. The molecule has 3 heteroatoms. The second-order valence-electron chi connectivity index (χ2n) is 4.85. The van der Waals surface area contributed by atoms with Gasteiger partial charge in [0, 0.05) is 25.0 Å². The fourth-order valence-corrected chi connectivity index (χ4v) is 2.29. The van der Waals surface area contributed by atoms with Crippen LogP contribution < -0.4 is 4.90 Å². The highest BCUT2D eigenvalue weighted by Crippen LogP contribution is 2.25. The molecule has 18 heavy (non-hydrogen) atoms. The molecule has 92 valence electrons. The first-order valence-electron chi connectivity index (χ1n) is 5.98. The molecule has 0 amide bonds. The minimum absolute atomic E-state index is 0.392. The first kappa shape index (κ1) is 12.4. The Balaban J connectivity index is 2.77. The number of hydrogen-bond donors (Lipinski definition) is 0. The van der Waals surface area contributed by atoms with E-state index in [2.05, 4.69) is 38.1 Å². The number of hydrogen-bond acceptors (Lipinski definition) is 3. The topological polar surface area (TPSA) is 39.9 Å². The van der Waals surface area contributed by atoms with Crippen LogP contribution in [0.15, 0.2) is 18.2 Å². The van der Waals surface area contributed by atoms with E-state index in [4.69, 9.17) is 10.2 Å². The molecule has 1 aromatic heterocycles. The van der Waals surface area contributed by atoms with Gasteiger partial charge >= 0.3 is 0 Å².